The number of unbranched alkanes of at least 4 members (excludes halogenated alkanes) is 30. The van der Waals surface area contributed by atoms with Gasteiger partial charge in [-0.15, -0.1) is 70.6 Å². The summed E-state index contributed by atoms with van der Waals surface area (Å²) >= 11 is 9.27. The molecule has 0 aliphatic rings. The van der Waals surface area contributed by atoms with Crippen LogP contribution in [0.1, 0.15) is 353 Å². The molecule has 29 nitrogen and oxygen atoms in total. The molecule has 6 unspecified atom stereocenters. The van der Waals surface area contributed by atoms with E-state index in [4.69, 9.17) is 56.8 Å². The third-order valence-electron chi connectivity index (χ3n) is 23.2. The van der Waals surface area contributed by atoms with Crippen molar-refractivity contribution in [3.63, 3.8) is 0 Å². The topological polar surface area (TPSA) is 341 Å². The van der Waals surface area contributed by atoms with E-state index in [1.807, 2.05) is 61.1 Å². The van der Waals surface area contributed by atoms with Crippen LogP contribution in [0.4, 0.5) is 0 Å². The fourth-order valence-electron chi connectivity index (χ4n) is 14.2. The van der Waals surface area contributed by atoms with E-state index in [0.717, 1.165) is 112 Å². The van der Waals surface area contributed by atoms with Crippen LogP contribution < -0.4 is 5.32 Å². The predicted molar refractivity (Wildman–Crippen MR) is 570 cm³/mol. The minimum Gasteiger partial charge on any atom is -0.462 e. The maximum Gasteiger partial charge on any atom is 0.318 e. The largest absolute Gasteiger partial charge is 0.462 e. The molecule has 0 heterocycles. The molecular weight excluding hydrogens is 1900 g/mol. The molecule has 812 valence electrons. The summed E-state index contributed by atoms with van der Waals surface area (Å²) in [7, 11) is 0. The van der Waals surface area contributed by atoms with Gasteiger partial charge in [-0.25, -0.2) is 0 Å². The van der Waals surface area contributed by atoms with Crippen molar-refractivity contribution in [1.82, 2.24) is 24.9 Å². The summed E-state index contributed by atoms with van der Waals surface area (Å²) in [4.78, 5) is 167. The Hall–Kier alpha value is -4.46. The number of nitrogens with zero attached hydrogens (tertiary/aromatic N) is 4. The zero-order valence-corrected chi connectivity index (χ0v) is 93.2. The van der Waals surface area contributed by atoms with Gasteiger partial charge in [0.05, 0.1) is 70.0 Å². The summed E-state index contributed by atoms with van der Waals surface area (Å²) in [5.74, 6) is -0.454. The van der Waals surface area contributed by atoms with Crippen molar-refractivity contribution < 1.29 is 114 Å². The van der Waals surface area contributed by atoms with Gasteiger partial charge in [-0.1, -0.05) is 234 Å². The van der Waals surface area contributed by atoms with Crippen molar-refractivity contribution in [3.05, 3.63) is 0 Å². The molecule has 35 heteroatoms. The van der Waals surface area contributed by atoms with E-state index in [9.17, 15) is 57.5 Å². The smallest absolute Gasteiger partial charge is 0.318 e. The number of nitrogens with one attached hydrogen (secondary N) is 1. The molecular formula is C104H191N5O24S6. The Morgan fingerprint density at radius 1 is 0.187 bits per heavy atom. The summed E-state index contributed by atoms with van der Waals surface area (Å²) in [5, 5.41) is 1.27. The zero-order valence-electron chi connectivity index (χ0n) is 88.3. The molecule has 0 aliphatic carbocycles. The van der Waals surface area contributed by atoms with E-state index in [0.29, 0.717) is 52.4 Å². The number of carbonyl (C=O) groups excluding carboxylic acids is 12. The van der Waals surface area contributed by atoms with Gasteiger partial charge in [0.2, 0.25) is 0 Å². The molecule has 0 spiro atoms. The van der Waals surface area contributed by atoms with Crippen LogP contribution in [0.2, 0.25) is 0 Å². The first kappa shape index (κ1) is 135. The van der Waals surface area contributed by atoms with Crippen LogP contribution >= 0.6 is 70.6 Å². The fraction of sp³-hybridized carbons (Fsp3) is 0.885. The maximum atomic E-state index is 13.6. The Morgan fingerprint density at radius 3 is 0.482 bits per heavy atom. The summed E-state index contributed by atoms with van der Waals surface area (Å²) < 4.78 is 66.6. The van der Waals surface area contributed by atoms with E-state index in [-0.39, 0.29) is 224 Å². The lowest BCUT2D eigenvalue weighted by atomic mass is 10.1. The average molecular weight is 2090 g/mol. The van der Waals surface area contributed by atoms with Crippen molar-refractivity contribution in [2.45, 2.75) is 384 Å². The highest BCUT2D eigenvalue weighted by Crippen LogP contribution is 2.23. The van der Waals surface area contributed by atoms with E-state index >= 15 is 0 Å². The molecule has 0 amide bonds. The minimum absolute atomic E-state index is 0.0454. The molecule has 0 aliphatic heterocycles. The SMILES string of the molecule is CCCCCCCCSC(C)C(=O)OCCOC(=O)CCN(CCNCCN(CCC(=O)OCCOC(=O)C(C)SCCCCCCCC)CCN(CCC(=O)OCCOC(=O)C(C)SCCCCCCCC)CCC(=O)OCCOC(=O)C(C)SCCCCCCCC)CCN(CCC(=O)OCCOC(=O)C(C)SCCCCCCCC)CCC(=O)OCCOC(=O)C(C)SCCCCCCCC. The minimum atomic E-state index is -0.544. The molecule has 0 aromatic rings. The maximum absolute atomic E-state index is 13.6. The fourth-order valence-corrected chi connectivity index (χ4v) is 19.8. The average Bonchev–Trinajstić information content (AvgIpc) is 0.930. The number of hydrogen-bond acceptors (Lipinski definition) is 35. The van der Waals surface area contributed by atoms with Gasteiger partial charge < -0.3 is 81.8 Å². The molecule has 0 bridgehead atoms. The van der Waals surface area contributed by atoms with Crippen LogP contribution in [0.25, 0.3) is 0 Å². The normalized spacial score (nSPS) is 12.8. The third-order valence-corrected chi connectivity index (χ3v) is 30.5. The van der Waals surface area contributed by atoms with Gasteiger partial charge in [0, 0.05) is 91.6 Å². The first-order chi connectivity index (χ1) is 67.3. The molecule has 0 saturated heterocycles. The number of esters is 12. The quantitative estimate of drug-likeness (QED) is 0.0336. The summed E-state index contributed by atoms with van der Waals surface area (Å²) in [6.07, 6.45) is 40.9. The molecule has 1 N–H and O–H groups in total. The number of ether oxygens (including phenoxy) is 12. The lowest BCUT2D eigenvalue weighted by molar-refractivity contribution is -0.152. The molecule has 0 rings (SSSR count). The van der Waals surface area contributed by atoms with Crippen LogP contribution in [-0.2, 0) is 114 Å². The van der Waals surface area contributed by atoms with Crippen LogP contribution in [0.15, 0.2) is 0 Å². The van der Waals surface area contributed by atoms with Gasteiger partial charge in [0.15, 0.2) is 0 Å². The van der Waals surface area contributed by atoms with E-state index in [2.05, 4.69) is 46.9 Å². The zero-order chi connectivity index (χ0) is 102. The molecule has 0 aromatic heterocycles. The van der Waals surface area contributed by atoms with Crippen molar-refractivity contribution in [3.8, 4) is 0 Å². The number of thioether (sulfide) groups is 6. The van der Waals surface area contributed by atoms with Gasteiger partial charge in [0.1, 0.15) is 79.3 Å². The second-order valence-corrected chi connectivity index (χ2v) is 44.3. The van der Waals surface area contributed by atoms with Gasteiger partial charge in [-0.3, -0.25) is 57.5 Å². The Balaban J connectivity index is 7.14. The first-order valence-electron chi connectivity index (χ1n) is 53.6. The first-order valence-corrected chi connectivity index (χ1v) is 59.9. The van der Waals surface area contributed by atoms with E-state index in [1.54, 1.807) is 70.6 Å². The van der Waals surface area contributed by atoms with E-state index < -0.39 is 35.8 Å². The Bertz CT molecular complexity index is 2760. The van der Waals surface area contributed by atoms with E-state index in [1.165, 1.54) is 154 Å². The summed E-state index contributed by atoms with van der Waals surface area (Å²) in [5.41, 5.74) is 0. The molecule has 0 radical (unpaired) electrons. The molecule has 0 saturated carbocycles. The van der Waals surface area contributed by atoms with Crippen LogP contribution in [-0.4, -0.2) is 328 Å². The number of carbonyl (C=O) groups is 12. The van der Waals surface area contributed by atoms with Crippen molar-refractivity contribution in [2.24, 2.45) is 0 Å². The summed E-state index contributed by atoms with van der Waals surface area (Å²) in [6, 6.07) is 0. The Kier molecular flexibility index (Phi) is 95.1. The predicted octanol–water partition coefficient (Wildman–Crippen LogP) is 19.5. The highest BCUT2D eigenvalue weighted by atomic mass is 32.2. The number of hydrogen-bond donors (Lipinski definition) is 1. The molecule has 6 atom stereocenters. The molecule has 0 fully saturated rings. The van der Waals surface area contributed by atoms with Crippen LogP contribution in [0.3, 0.4) is 0 Å². The van der Waals surface area contributed by atoms with Gasteiger partial charge >= 0.3 is 71.6 Å². The second kappa shape index (κ2) is 98.2. The highest BCUT2D eigenvalue weighted by molar-refractivity contribution is 8.01. The van der Waals surface area contributed by atoms with Crippen LogP contribution in [0, 0.1) is 0 Å². The second-order valence-electron chi connectivity index (χ2n) is 35.6. The standard InChI is InChI=1S/C104H191N5O24S6/c1-13-19-25-31-37-43-81-134-87(7)99(116)128-75-69-122-93(110)49-57-106(58-50-94(111)123-70-76-129-100(117)88(8)135-82-44-38-32-26-20-14-2)65-67-108(61-53-97(114)126-73-79-132-103(120)91(11)138-85-47-41-35-29-23-17-5)63-55-105-56-64-109(62-54-98(115)127-74-80-133-104(121)92(12)139-86-48-42-36-30-24-18-6)68-66-107(59-51-95(112)124-71-77-130-101(118)89(9)136-83-45-39-33-27-21-15-3)60-52-96(113)125-72-78-131-102(119)90(10)137-84-46-40-34-28-22-16-4/h87-92,105H,13-86H2,1-12H3. The van der Waals surface area contributed by atoms with Gasteiger partial charge in [-0.2, -0.15) is 0 Å². The van der Waals surface area contributed by atoms with Gasteiger partial charge in [0.25, 0.3) is 0 Å². The van der Waals surface area contributed by atoms with Crippen LogP contribution in [0.5, 0.6) is 0 Å². The Morgan fingerprint density at radius 2 is 0.324 bits per heavy atom. The summed E-state index contributed by atoms with van der Waals surface area (Å²) in [6.45, 7) is 26.3. The monoisotopic (exact) mass is 2090 g/mol. The van der Waals surface area contributed by atoms with Crippen molar-refractivity contribution >= 4 is 142 Å². The lowest BCUT2D eigenvalue weighted by Gasteiger charge is -2.28. The number of rotatable bonds is 102. The third kappa shape index (κ3) is 86.4. The molecule has 0 aromatic carbocycles. The highest BCUT2D eigenvalue weighted by Gasteiger charge is 2.25. The van der Waals surface area contributed by atoms with Crippen molar-refractivity contribution in [2.75, 3.05) is 205 Å². The van der Waals surface area contributed by atoms with Crippen molar-refractivity contribution in [1.29, 1.82) is 0 Å². The van der Waals surface area contributed by atoms with Gasteiger partial charge in [-0.05, 0) is 115 Å². The Labute approximate surface area is 865 Å². The lowest BCUT2D eigenvalue weighted by Crippen LogP contribution is -2.43. The molecule has 139 heavy (non-hydrogen) atoms.